The lowest BCUT2D eigenvalue weighted by Crippen LogP contribution is -2.47. The number of amides is 1. The minimum Gasteiger partial charge on any atom is -0.384 e. The molecule has 23 heavy (non-hydrogen) atoms. The molecule has 2 saturated heterocycles. The highest BCUT2D eigenvalue weighted by atomic mass is 16.7. The standard InChI is InChI=1S/C18H26N2O3/c1-14-3-4-15(2)16(13-14)19-8-5-17(21)20-9-6-18(7-10-20)22-11-12-23-18/h3-4,13,19H,5-12H2,1-2H3. The normalized spacial score (nSPS) is 20.0. The van der Waals surface area contributed by atoms with Gasteiger partial charge in [0.1, 0.15) is 0 Å². The molecule has 0 atom stereocenters. The largest absolute Gasteiger partial charge is 0.384 e. The molecule has 5 nitrogen and oxygen atoms in total. The summed E-state index contributed by atoms with van der Waals surface area (Å²) in [4.78, 5) is 14.3. The quantitative estimate of drug-likeness (QED) is 0.926. The van der Waals surface area contributed by atoms with Gasteiger partial charge in [0.2, 0.25) is 5.91 Å². The lowest BCUT2D eigenvalue weighted by molar-refractivity contribution is -0.187. The molecule has 0 radical (unpaired) electrons. The van der Waals surface area contributed by atoms with E-state index in [0.717, 1.165) is 31.6 Å². The highest BCUT2D eigenvalue weighted by Gasteiger charge is 2.40. The highest BCUT2D eigenvalue weighted by molar-refractivity contribution is 5.77. The van der Waals surface area contributed by atoms with Crippen molar-refractivity contribution < 1.29 is 14.3 Å². The maximum atomic E-state index is 12.3. The van der Waals surface area contributed by atoms with Gasteiger partial charge in [-0.05, 0) is 31.0 Å². The Morgan fingerprint density at radius 1 is 1.22 bits per heavy atom. The molecule has 0 unspecified atom stereocenters. The number of carbonyl (C=O) groups excluding carboxylic acids is 1. The Bertz CT molecular complexity index is 557. The zero-order valence-electron chi connectivity index (χ0n) is 14.1. The van der Waals surface area contributed by atoms with Crippen molar-refractivity contribution in [1.29, 1.82) is 0 Å². The number of benzene rings is 1. The van der Waals surface area contributed by atoms with Crippen molar-refractivity contribution in [3.63, 3.8) is 0 Å². The van der Waals surface area contributed by atoms with E-state index in [2.05, 4.69) is 37.4 Å². The van der Waals surface area contributed by atoms with Crippen LogP contribution in [-0.2, 0) is 14.3 Å². The van der Waals surface area contributed by atoms with Crippen molar-refractivity contribution in [2.75, 3.05) is 38.2 Å². The lowest BCUT2D eigenvalue weighted by atomic mass is 10.0. The van der Waals surface area contributed by atoms with Gasteiger partial charge in [0.15, 0.2) is 5.79 Å². The first-order valence-electron chi connectivity index (χ1n) is 8.45. The highest BCUT2D eigenvalue weighted by Crippen LogP contribution is 2.31. The van der Waals surface area contributed by atoms with E-state index in [-0.39, 0.29) is 5.91 Å². The molecule has 3 rings (SSSR count). The number of hydrogen-bond donors (Lipinski definition) is 1. The van der Waals surface area contributed by atoms with Crippen molar-refractivity contribution in [3.8, 4) is 0 Å². The van der Waals surface area contributed by atoms with Crippen LogP contribution >= 0.6 is 0 Å². The topological polar surface area (TPSA) is 50.8 Å². The molecule has 2 fully saturated rings. The van der Waals surface area contributed by atoms with Gasteiger partial charge in [0.05, 0.1) is 13.2 Å². The smallest absolute Gasteiger partial charge is 0.224 e. The predicted molar refractivity (Wildman–Crippen MR) is 89.5 cm³/mol. The number of rotatable bonds is 4. The molecule has 1 aromatic rings. The van der Waals surface area contributed by atoms with E-state index >= 15 is 0 Å². The number of hydrogen-bond acceptors (Lipinski definition) is 4. The zero-order valence-corrected chi connectivity index (χ0v) is 14.1. The van der Waals surface area contributed by atoms with Crippen molar-refractivity contribution in [2.45, 2.75) is 38.9 Å². The zero-order chi connectivity index (χ0) is 16.3. The van der Waals surface area contributed by atoms with Crippen LogP contribution in [0.1, 0.15) is 30.4 Å². The number of likely N-dealkylation sites (tertiary alicyclic amines) is 1. The summed E-state index contributed by atoms with van der Waals surface area (Å²) in [7, 11) is 0. The number of nitrogens with zero attached hydrogens (tertiary/aromatic N) is 1. The Balaban J connectivity index is 1.44. The number of aryl methyl sites for hydroxylation is 2. The Labute approximate surface area is 137 Å². The average molecular weight is 318 g/mol. The number of anilines is 1. The third-order valence-electron chi connectivity index (χ3n) is 4.74. The minimum atomic E-state index is -0.409. The van der Waals surface area contributed by atoms with Gasteiger partial charge in [-0.25, -0.2) is 0 Å². The van der Waals surface area contributed by atoms with Gasteiger partial charge in [-0.15, -0.1) is 0 Å². The minimum absolute atomic E-state index is 0.204. The third-order valence-corrected chi connectivity index (χ3v) is 4.74. The Morgan fingerprint density at radius 2 is 1.91 bits per heavy atom. The number of nitrogens with one attached hydrogen (secondary N) is 1. The van der Waals surface area contributed by atoms with Gasteiger partial charge in [0.25, 0.3) is 0 Å². The Kier molecular flexibility index (Phi) is 4.87. The summed E-state index contributed by atoms with van der Waals surface area (Å²) in [6.45, 7) is 7.62. The van der Waals surface area contributed by atoms with Crippen molar-refractivity contribution in [1.82, 2.24) is 4.90 Å². The number of ether oxygens (including phenoxy) is 2. The summed E-state index contributed by atoms with van der Waals surface area (Å²) in [6.07, 6.45) is 2.08. The Hall–Kier alpha value is -1.59. The second kappa shape index (κ2) is 6.89. The van der Waals surface area contributed by atoms with Gasteiger partial charge in [-0.2, -0.15) is 0 Å². The summed E-state index contributed by atoms with van der Waals surface area (Å²) < 4.78 is 11.4. The SMILES string of the molecule is Cc1ccc(C)c(NCCC(=O)N2CCC3(CC2)OCCO3)c1. The van der Waals surface area contributed by atoms with Crippen LogP contribution in [0.3, 0.4) is 0 Å². The molecule has 1 amide bonds. The van der Waals surface area contributed by atoms with Crippen LogP contribution < -0.4 is 5.32 Å². The van der Waals surface area contributed by atoms with Crippen molar-refractivity contribution in [2.24, 2.45) is 0 Å². The van der Waals surface area contributed by atoms with Crippen LogP contribution in [0.4, 0.5) is 5.69 Å². The maximum Gasteiger partial charge on any atom is 0.224 e. The molecule has 1 aromatic carbocycles. The van der Waals surface area contributed by atoms with E-state index in [1.165, 1.54) is 11.1 Å². The molecule has 0 aromatic heterocycles. The second-order valence-electron chi connectivity index (χ2n) is 6.48. The number of piperidine rings is 1. The molecule has 2 heterocycles. The first-order chi connectivity index (χ1) is 11.1. The first-order valence-corrected chi connectivity index (χ1v) is 8.45. The monoisotopic (exact) mass is 318 g/mol. The average Bonchev–Trinajstić information content (AvgIpc) is 2.99. The van der Waals surface area contributed by atoms with Crippen molar-refractivity contribution in [3.05, 3.63) is 29.3 Å². The third kappa shape index (κ3) is 3.85. The van der Waals surface area contributed by atoms with E-state index in [9.17, 15) is 4.79 Å². The van der Waals surface area contributed by atoms with Crippen molar-refractivity contribution >= 4 is 11.6 Å². The molecular weight excluding hydrogens is 292 g/mol. The molecule has 0 aliphatic carbocycles. The molecule has 2 aliphatic heterocycles. The van der Waals surface area contributed by atoms with Gasteiger partial charge in [-0.1, -0.05) is 12.1 Å². The number of carbonyl (C=O) groups is 1. The van der Waals surface area contributed by atoms with Crippen LogP contribution in [-0.4, -0.2) is 49.4 Å². The van der Waals surface area contributed by atoms with E-state index in [1.54, 1.807) is 0 Å². The predicted octanol–water partition coefficient (Wildman–Crippen LogP) is 2.47. The fourth-order valence-electron chi connectivity index (χ4n) is 3.27. The molecule has 126 valence electrons. The fraction of sp³-hybridized carbons (Fsp3) is 0.611. The molecule has 1 spiro atoms. The summed E-state index contributed by atoms with van der Waals surface area (Å²) in [6, 6.07) is 6.33. The van der Waals surface area contributed by atoms with Gasteiger partial charge < -0.3 is 19.7 Å². The summed E-state index contributed by atoms with van der Waals surface area (Å²) in [5.41, 5.74) is 3.55. The van der Waals surface area contributed by atoms with Crippen LogP contribution in [0.5, 0.6) is 0 Å². The molecule has 0 saturated carbocycles. The van der Waals surface area contributed by atoms with Gasteiger partial charge >= 0.3 is 0 Å². The lowest BCUT2D eigenvalue weighted by Gasteiger charge is -2.37. The van der Waals surface area contributed by atoms with Gasteiger partial charge in [0, 0.05) is 44.6 Å². The van der Waals surface area contributed by atoms with E-state index in [0.29, 0.717) is 26.2 Å². The van der Waals surface area contributed by atoms with Crippen LogP contribution in [0.25, 0.3) is 0 Å². The Morgan fingerprint density at radius 3 is 2.61 bits per heavy atom. The molecule has 1 N–H and O–H groups in total. The maximum absolute atomic E-state index is 12.3. The summed E-state index contributed by atoms with van der Waals surface area (Å²) in [5, 5.41) is 3.38. The van der Waals surface area contributed by atoms with Gasteiger partial charge in [-0.3, -0.25) is 4.79 Å². The van der Waals surface area contributed by atoms with E-state index < -0.39 is 5.79 Å². The van der Waals surface area contributed by atoms with Crippen LogP contribution in [0.15, 0.2) is 18.2 Å². The van der Waals surface area contributed by atoms with Crippen LogP contribution in [0.2, 0.25) is 0 Å². The molecule has 2 aliphatic rings. The second-order valence-corrected chi connectivity index (χ2v) is 6.48. The fourth-order valence-corrected chi connectivity index (χ4v) is 3.27. The van der Waals surface area contributed by atoms with Crippen LogP contribution in [0, 0.1) is 13.8 Å². The first kappa shape index (κ1) is 16.3. The molecule has 5 heteroatoms. The van der Waals surface area contributed by atoms with E-state index in [1.807, 2.05) is 4.90 Å². The molecular formula is C18H26N2O3. The van der Waals surface area contributed by atoms with E-state index in [4.69, 9.17) is 9.47 Å². The summed E-state index contributed by atoms with van der Waals surface area (Å²) in [5.74, 6) is -0.205. The summed E-state index contributed by atoms with van der Waals surface area (Å²) >= 11 is 0. The molecule has 0 bridgehead atoms.